The third kappa shape index (κ3) is 2.96. The maximum Gasteiger partial charge on any atom is 0.234 e. The fourth-order valence-corrected chi connectivity index (χ4v) is 2.47. The molecular formula is C19H14FN3O. The second-order valence-electron chi connectivity index (χ2n) is 5.39. The number of imidazole rings is 1. The van der Waals surface area contributed by atoms with Crippen LogP contribution in [-0.2, 0) is 6.61 Å². The lowest BCUT2D eigenvalue weighted by atomic mass is 10.1. The monoisotopic (exact) mass is 319 g/mol. The third-order valence-corrected chi connectivity index (χ3v) is 3.67. The molecular weight excluding hydrogens is 305 g/mol. The van der Waals surface area contributed by atoms with E-state index in [1.807, 2.05) is 47.1 Å². The highest BCUT2D eigenvalue weighted by Crippen LogP contribution is 2.19. The van der Waals surface area contributed by atoms with Crippen LogP contribution in [0.2, 0.25) is 0 Å². The molecule has 0 unspecified atom stereocenters. The largest absolute Gasteiger partial charge is 0.487 e. The van der Waals surface area contributed by atoms with Crippen LogP contribution in [0.25, 0.3) is 16.9 Å². The first kappa shape index (κ1) is 14.4. The zero-order valence-corrected chi connectivity index (χ0v) is 12.8. The van der Waals surface area contributed by atoms with E-state index in [4.69, 9.17) is 4.74 Å². The molecule has 0 saturated heterocycles. The van der Waals surface area contributed by atoms with Gasteiger partial charge in [0.1, 0.15) is 18.2 Å². The highest BCUT2D eigenvalue weighted by Gasteiger charge is 2.06. The van der Waals surface area contributed by atoms with Crippen molar-refractivity contribution in [2.45, 2.75) is 6.61 Å². The summed E-state index contributed by atoms with van der Waals surface area (Å²) in [5, 5.41) is 0. The molecule has 2 heterocycles. The first-order chi connectivity index (χ1) is 11.8. The van der Waals surface area contributed by atoms with Gasteiger partial charge in [0, 0.05) is 24.2 Å². The third-order valence-electron chi connectivity index (χ3n) is 3.67. The van der Waals surface area contributed by atoms with Crippen LogP contribution in [0.1, 0.15) is 5.69 Å². The molecule has 118 valence electrons. The number of aromatic nitrogens is 3. The summed E-state index contributed by atoms with van der Waals surface area (Å²) in [6, 6.07) is 15.9. The van der Waals surface area contributed by atoms with Gasteiger partial charge in [-0.15, -0.1) is 0 Å². The minimum absolute atomic E-state index is 0.254. The van der Waals surface area contributed by atoms with Crippen LogP contribution in [0.15, 0.2) is 73.2 Å². The molecule has 2 aromatic heterocycles. The number of fused-ring (bicyclic) bond motifs is 1. The Kier molecular flexibility index (Phi) is 3.67. The Morgan fingerprint density at radius 2 is 1.71 bits per heavy atom. The van der Waals surface area contributed by atoms with Crippen molar-refractivity contribution in [1.29, 1.82) is 0 Å². The summed E-state index contributed by atoms with van der Waals surface area (Å²) in [7, 11) is 0. The molecule has 4 rings (SSSR count). The standard InChI is InChI=1S/C19H14FN3O/c20-16-8-6-14(7-9-16)15-10-21-19-22-17(12-23(19)11-15)13-24-18-4-2-1-3-5-18/h1-12H,13H2. The summed E-state index contributed by atoms with van der Waals surface area (Å²) in [5.74, 6) is 1.15. The van der Waals surface area contributed by atoms with E-state index in [1.165, 1.54) is 12.1 Å². The molecule has 2 aromatic carbocycles. The second-order valence-corrected chi connectivity index (χ2v) is 5.39. The van der Waals surface area contributed by atoms with E-state index in [1.54, 1.807) is 18.3 Å². The van der Waals surface area contributed by atoms with E-state index in [-0.39, 0.29) is 5.82 Å². The normalized spacial score (nSPS) is 10.9. The van der Waals surface area contributed by atoms with Crippen molar-refractivity contribution < 1.29 is 9.13 Å². The maximum absolute atomic E-state index is 13.0. The molecule has 0 aliphatic rings. The Labute approximate surface area is 138 Å². The molecule has 0 saturated carbocycles. The molecule has 4 aromatic rings. The average Bonchev–Trinajstić information content (AvgIpc) is 3.03. The van der Waals surface area contributed by atoms with Gasteiger partial charge in [0.05, 0.1) is 5.69 Å². The molecule has 24 heavy (non-hydrogen) atoms. The van der Waals surface area contributed by atoms with Crippen LogP contribution < -0.4 is 4.74 Å². The van der Waals surface area contributed by atoms with Gasteiger partial charge in [0.2, 0.25) is 5.78 Å². The van der Waals surface area contributed by atoms with Gasteiger partial charge < -0.3 is 4.74 Å². The molecule has 0 atom stereocenters. The summed E-state index contributed by atoms with van der Waals surface area (Å²) in [6.45, 7) is 0.374. The molecule has 0 fully saturated rings. The molecule has 0 bridgehead atoms. The van der Waals surface area contributed by atoms with E-state index in [2.05, 4.69) is 9.97 Å². The van der Waals surface area contributed by atoms with E-state index in [9.17, 15) is 4.39 Å². The Hall–Kier alpha value is -3.21. The second kappa shape index (κ2) is 6.12. The smallest absolute Gasteiger partial charge is 0.234 e. The molecule has 5 heteroatoms. The fourth-order valence-electron chi connectivity index (χ4n) is 2.47. The molecule has 0 N–H and O–H groups in total. The highest BCUT2D eigenvalue weighted by molar-refractivity contribution is 5.62. The van der Waals surface area contributed by atoms with Gasteiger partial charge in [-0.05, 0) is 29.8 Å². The number of halogens is 1. The predicted molar refractivity (Wildman–Crippen MR) is 89.2 cm³/mol. The summed E-state index contributed by atoms with van der Waals surface area (Å²) >= 11 is 0. The van der Waals surface area contributed by atoms with Crippen molar-refractivity contribution in [3.05, 3.63) is 84.7 Å². The molecule has 0 aliphatic carbocycles. The topological polar surface area (TPSA) is 39.4 Å². The van der Waals surface area contributed by atoms with Crippen molar-refractivity contribution in [2.75, 3.05) is 0 Å². The van der Waals surface area contributed by atoms with E-state index in [0.29, 0.717) is 12.4 Å². The number of hydrogen-bond donors (Lipinski definition) is 0. The lowest BCUT2D eigenvalue weighted by Crippen LogP contribution is -1.94. The summed E-state index contributed by atoms with van der Waals surface area (Å²) in [4.78, 5) is 8.80. The maximum atomic E-state index is 13.0. The molecule has 0 amide bonds. The van der Waals surface area contributed by atoms with Crippen LogP contribution >= 0.6 is 0 Å². The zero-order valence-electron chi connectivity index (χ0n) is 12.8. The van der Waals surface area contributed by atoms with Crippen molar-refractivity contribution in [1.82, 2.24) is 14.4 Å². The Balaban J connectivity index is 1.58. The lowest BCUT2D eigenvalue weighted by Gasteiger charge is -2.02. The predicted octanol–water partition coefficient (Wildman–Crippen LogP) is 4.11. The summed E-state index contributed by atoms with van der Waals surface area (Å²) in [6.07, 6.45) is 5.55. The summed E-state index contributed by atoms with van der Waals surface area (Å²) in [5.41, 5.74) is 2.60. The SMILES string of the molecule is Fc1ccc(-c2cnc3nc(COc4ccccc4)cn3c2)cc1. The minimum atomic E-state index is -0.254. The molecule has 0 spiro atoms. The van der Waals surface area contributed by atoms with Gasteiger partial charge in [0.15, 0.2) is 0 Å². The minimum Gasteiger partial charge on any atom is -0.487 e. The Bertz CT molecular complexity index is 965. The molecule has 0 aliphatic heterocycles. The van der Waals surface area contributed by atoms with Gasteiger partial charge >= 0.3 is 0 Å². The van der Waals surface area contributed by atoms with E-state index in [0.717, 1.165) is 22.6 Å². The number of ether oxygens (including phenoxy) is 1. The van der Waals surface area contributed by atoms with Crippen molar-refractivity contribution in [2.24, 2.45) is 0 Å². The van der Waals surface area contributed by atoms with Gasteiger partial charge in [-0.25, -0.2) is 14.4 Å². The van der Waals surface area contributed by atoms with Gasteiger partial charge in [-0.2, -0.15) is 0 Å². The number of hydrogen-bond acceptors (Lipinski definition) is 3. The summed E-state index contributed by atoms with van der Waals surface area (Å²) < 4.78 is 20.6. The first-order valence-corrected chi connectivity index (χ1v) is 7.55. The van der Waals surface area contributed by atoms with E-state index >= 15 is 0 Å². The molecule has 4 nitrogen and oxygen atoms in total. The van der Waals surface area contributed by atoms with Gasteiger partial charge in [-0.3, -0.25) is 4.40 Å². The lowest BCUT2D eigenvalue weighted by molar-refractivity contribution is 0.302. The van der Waals surface area contributed by atoms with Crippen molar-refractivity contribution in [3.63, 3.8) is 0 Å². The quantitative estimate of drug-likeness (QED) is 0.568. The van der Waals surface area contributed by atoms with Crippen LogP contribution in [0.5, 0.6) is 5.75 Å². The van der Waals surface area contributed by atoms with Gasteiger partial charge in [-0.1, -0.05) is 30.3 Å². The van der Waals surface area contributed by atoms with E-state index < -0.39 is 0 Å². The number of nitrogens with zero attached hydrogens (tertiary/aromatic N) is 3. The first-order valence-electron chi connectivity index (χ1n) is 7.55. The Morgan fingerprint density at radius 3 is 2.50 bits per heavy atom. The van der Waals surface area contributed by atoms with Crippen molar-refractivity contribution in [3.8, 4) is 16.9 Å². The van der Waals surface area contributed by atoms with Gasteiger partial charge in [0.25, 0.3) is 0 Å². The number of para-hydroxylation sites is 1. The number of benzene rings is 2. The average molecular weight is 319 g/mol. The van der Waals surface area contributed by atoms with Crippen molar-refractivity contribution >= 4 is 5.78 Å². The van der Waals surface area contributed by atoms with Crippen LogP contribution in [0.3, 0.4) is 0 Å². The zero-order chi connectivity index (χ0) is 16.4. The van der Waals surface area contributed by atoms with Crippen LogP contribution in [0, 0.1) is 5.82 Å². The molecule has 0 radical (unpaired) electrons. The Morgan fingerprint density at radius 1 is 0.917 bits per heavy atom. The van der Waals surface area contributed by atoms with Crippen LogP contribution in [-0.4, -0.2) is 14.4 Å². The fraction of sp³-hybridized carbons (Fsp3) is 0.0526. The van der Waals surface area contributed by atoms with Crippen LogP contribution in [0.4, 0.5) is 4.39 Å². The highest BCUT2D eigenvalue weighted by atomic mass is 19.1. The number of rotatable bonds is 4.